The van der Waals surface area contributed by atoms with E-state index in [9.17, 15) is 0 Å². The van der Waals surface area contributed by atoms with E-state index in [4.69, 9.17) is 4.42 Å². The Morgan fingerprint density at radius 3 is 2.60 bits per heavy atom. The van der Waals surface area contributed by atoms with Crippen LogP contribution in [0.5, 0.6) is 0 Å². The quantitative estimate of drug-likeness (QED) is 0.893. The van der Waals surface area contributed by atoms with Crippen LogP contribution in [0.4, 0.5) is 0 Å². The fourth-order valence-electron chi connectivity index (χ4n) is 3.01. The van der Waals surface area contributed by atoms with E-state index in [0.717, 1.165) is 38.0 Å². The van der Waals surface area contributed by atoms with Gasteiger partial charge in [-0.25, -0.2) is 0 Å². The van der Waals surface area contributed by atoms with Crippen molar-refractivity contribution in [3.8, 4) is 0 Å². The van der Waals surface area contributed by atoms with Crippen LogP contribution in [0.2, 0.25) is 0 Å². The Morgan fingerprint density at radius 1 is 1.25 bits per heavy atom. The summed E-state index contributed by atoms with van der Waals surface area (Å²) in [5.41, 5.74) is 1.28. The normalized spacial score (nSPS) is 28.9. The first-order chi connectivity index (χ1) is 9.61. The maximum absolute atomic E-state index is 5.72. The number of rotatable bonds is 5. The van der Waals surface area contributed by atoms with E-state index in [1.165, 1.54) is 18.4 Å². The molecule has 1 aromatic heterocycles. The van der Waals surface area contributed by atoms with E-state index in [1.807, 2.05) is 6.26 Å². The molecule has 2 heterocycles. The molecule has 0 amide bonds. The SMILES string of the molecule is CC1CN(Cc2cc(CNC3CC3)co2)CC(C)N1C. The molecule has 0 bridgehead atoms. The van der Waals surface area contributed by atoms with Crippen molar-refractivity contribution in [2.45, 2.75) is 57.9 Å². The highest BCUT2D eigenvalue weighted by atomic mass is 16.3. The Balaban J connectivity index is 1.51. The second-order valence-corrected chi connectivity index (χ2v) is 6.63. The summed E-state index contributed by atoms with van der Waals surface area (Å²) >= 11 is 0. The van der Waals surface area contributed by atoms with Crippen LogP contribution in [0.15, 0.2) is 16.7 Å². The standard InChI is InChI=1S/C16H27N3O/c1-12-8-19(9-13(2)18(12)3)10-16-6-14(11-20-16)7-17-15-4-5-15/h6,11-13,15,17H,4-5,7-10H2,1-3H3. The number of hydrogen-bond donors (Lipinski definition) is 1. The second-order valence-electron chi connectivity index (χ2n) is 6.63. The fraction of sp³-hybridized carbons (Fsp3) is 0.750. The maximum atomic E-state index is 5.72. The van der Waals surface area contributed by atoms with E-state index in [2.05, 4.69) is 42.1 Å². The van der Waals surface area contributed by atoms with Crippen molar-refractivity contribution in [1.82, 2.24) is 15.1 Å². The fourth-order valence-corrected chi connectivity index (χ4v) is 3.01. The van der Waals surface area contributed by atoms with Crippen molar-refractivity contribution in [1.29, 1.82) is 0 Å². The molecule has 0 spiro atoms. The Morgan fingerprint density at radius 2 is 1.95 bits per heavy atom. The number of nitrogens with zero attached hydrogens (tertiary/aromatic N) is 2. The van der Waals surface area contributed by atoms with Gasteiger partial charge in [-0.05, 0) is 39.8 Å². The van der Waals surface area contributed by atoms with Gasteiger partial charge in [0.2, 0.25) is 0 Å². The molecule has 1 aliphatic carbocycles. The van der Waals surface area contributed by atoms with Crippen LogP contribution in [0.3, 0.4) is 0 Å². The molecule has 20 heavy (non-hydrogen) atoms. The first kappa shape index (κ1) is 14.1. The van der Waals surface area contributed by atoms with E-state index in [0.29, 0.717) is 12.1 Å². The van der Waals surface area contributed by atoms with Crippen molar-refractivity contribution in [3.63, 3.8) is 0 Å². The molecule has 1 N–H and O–H groups in total. The molecule has 1 saturated heterocycles. The predicted octanol–water partition coefficient (Wildman–Crippen LogP) is 2.06. The van der Waals surface area contributed by atoms with Gasteiger partial charge in [0, 0.05) is 43.3 Å². The molecule has 0 radical (unpaired) electrons. The Bertz CT molecular complexity index is 429. The van der Waals surface area contributed by atoms with Crippen LogP contribution in [0, 0.1) is 0 Å². The number of piperazine rings is 1. The van der Waals surface area contributed by atoms with Crippen LogP contribution in [-0.4, -0.2) is 48.1 Å². The van der Waals surface area contributed by atoms with Crippen molar-refractivity contribution in [2.75, 3.05) is 20.1 Å². The summed E-state index contributed by atoms with van der Waals surface area (Å²) in [7, 11) is 2.22. The minimum absolute atomic E-state index is 0.615. The number of furan rings is 1. The molecule has 1 saturated carbocycles. The van der Waals surface area contributed by atoms with E-state index >= 15 is 0 Å². The predicted molar refractivity (Wildman–Crippen MR) is 80.5 cm³/mol. The van der Waals surface area contributed by atoms with Gasteiger partial charge >= 0.3 is 0 Å². The molecule has 2 fully saturated rings. The topological polar surface area (TPSA) is 31.6 Å². The lowest BCUT2D eigenvalue weighted by Crippen LogP contribution is -2.54. The third kappa shape index (κ3) is 3.43. The molecule has 4 heteroatoms. The minimum atomic E-state index is 0.615. The average molecular weight is 277 g/mol. The largest absolute Gasteiger partial charge is 0.468 e. The zero-order valence-electron chi connectivity index (χ0n) is 12.9. The molecule has 112 valence electrons. The number of nitrogens with one attached hydrogen (secondary N) is 1. The summed E-state index contributed by atoms with van der Waals surface area (Å²) in [5, 5.41) is 3.53. The van der Waals surface area contributed by atoms with Gasteiger partial charge in [-0.1, -0.05) is 0 Å². The summed E-state index contributed by atoms with van der Waals surface area (Å²) in [4.78, 5) is 4.97. The molecular weight excluding hydrogens is 250 g/mol. The number of likely N-dealkylation sites (N-methyl/N-ethyl adjacent to an activating group) is 1. The van der Waals surface area contributed by atoms with Crippen LogP contribution >= 0.6 is 0 Å². The lowest BCUT2D eigenvalue weighted by molar-refractivity contribution is 0.0518. The highest BCUT2D eigenvalue weighted by Crippen LogP contribution is 2.20. The molecule has 0 aromatic carbocycles. The highest BCUT2D eigenvalue weighted by Gasteiger charge is 2.27. The molecule has 3 rings (SSSR count). The zero-order valence-corrected chi connectivity index (χ0v) is 12.9. The lowest BCUT2D eigenvalue weighted by Gasteiger charge is -2.42. The van der Waals surface area contributed by atoms with Crippen LogP contribution in [-0.2, 0) is 13.1 Å². The first-order valence-corrected chi connectivity index (χ1v) is 7.86. The molecule has 2 unspecified atom stereocenters. The van der Waals surface area contributed by atoms with Crippen LogP contribution in [0.1, 0.15) is 38.0 Å². The van der Waals surface area contributed by atoms with Gasteiger partial charge in [0.25, 0.3) is 0 Å². The third-order valence-electron chi connectivity index (χ3n) is 4.70. The molecule has 2 atom stereocenters. The van der Waals surface area contributed by atoms with Crippen molar-refractivity contribution >= 4 is 0 Å². The summed E-state index contributed by atoms with van der Waals surface area (Å²) in [6, 6.07) is 4.20. The molecule has 1 aromatic rings. The maximum Gasteiger partial charge on any atom is 0.118 e. The van der Waals surface area contributed by atoms with Gasteiger partial charge < -0.3 is 9.73 Å². The van der Waals surface area contributed by atoms with Crippen LogP contribution in [0.25, 0.3) is 0 Å². The Hall–Kier alpha value is -0.840. The molecule has 1 aliphatic heterocycles. The van der Waals surface area contributed by atoms with Crippen molar-refractivity contribution in [3.05, 3.63) is 23.7 Å². The van der Waals surface area contributed by atoms with E-state index < -0.39 is 0 Å². The Labute approximate surface area is 122 Å². The zero-order chi connectivity index (χ0) is 14.1. The number of hydrogen-bond acceptors (Lipinski definition) is 4. The van der Waals surface area contributed by atoms with Gasteiger partial charge in [0.05, 0.1) is 12.8 Å². The minimum Gasteiger partial charge on any atom is -0.468 e. The summed E-state index contributed by atoms with van der Waals surface area (Å²) in [6.07, 6.45) is 4.58. The van der Waals surface area contributed by atoms with E-state index in [-0.39, 0.29) is 0 Å². The van der Waals surface area contributed by atoms with Gasteiger partial charge in [0.15, 0.2) is 0 Å². The van der Waals surface area contributed by atoms with Gasteiger partial charge in [0.1, 0.15) is 5.76 Å². The van der Waals surface area contributed by atoms with Crippen LogP contribution < -0.4 is 5.32 Å². The summed E-state index contributed by atoms with van der Waals surface area (Å²) in [6.45, 7) is 8.73. The smallest absolute Gasteiger partial charge is 0.118 e. The molecule has 2 aliphatic rings. The lowest BCUT2D eigenvalue weighted by atomic mass is 10.1. The van der Waals surface area contributed by atoms with Gasteiger partial charge in [-0.15, -0.1) is 0 Å². The highest BCUT2D eigenvalue weighted by molar-refractivity contribution is 5.13. The van der Waals surface area contributed by atoms with Gasteiger partial charge in [-0.3, -0.25) is 9.80 Å². The van der Waals surface area contributed by atoms with Crippen molar-refractivity contribution < 1.29 is 4.42 Å². The van der Waals surface area contributed by atoms with Crippen molar-refractivity contribution in [2.24, 2.45) is 0 Å². The summed E-state index contributed by atoms with van der Waals surface area (Å²) in [5.74, 6) is 1.10. The van der Waals surface area contributed by atoms with E-state index in [1.54, 1.807) is 0 Å². The monoisotopic (exact) mass is 277 g/mol. The first-order valence-electron chi connectivity index (χ1n) is 7.86. The summed E-state index contributed by atoms with van der Waals surface area (Å²) < 4.78 is 5.72. The molecular formula is C16H27N3O. The molecule has 4 nitrogen and oxygen atoms in total. The van der Waals surface area contributed by atoms with Gasteiger partial charge in [-0.2, -0.15) is 0 Å². The average Bonchev–Trinajstić information content (AvgIpc) is 3.14. The third-order valence-corrected chi connectivity index (χ3v) is 4.70. The Kier molecular flexibility index (Phi) is 4.15. The second kappa shape index (κ2) is 5.88.